The van der Waals surface area contributed by atoms with E-state index < -0.39 is 0 Å². The van der Waals surface area contributed by atoms with Crippen LogP contribution in [-0.2, 0) is 6.54 Å². The molecule has 1 aliphatic heterocycles. The van der Waals surface area contributed by atoms with Gasteiger partial charge in [-0.3, -0.25) is 0 Å². The Morgan fingerprint density at radius 2 is 1.40 bits per heavy atom. The Hall–Kier alpha value is -2.53. The molecule has 0 bridgehead atoms. The fourth-order valence-corrected chi connectivity index (χ4v) is 5.04. The molecule has 0 amide bonds. The summed E-state index contributed by atoms with van der Waals surface area (Å²) in [5.41, 5.74) is 3.50. The first-order valence-electron chi connectivity index (χ1n) is 10.7. The number of aliphatic hydroxyl groups is 1. The summed E-state index contributed by atoms with van der Waals surface area (Å²) in [6.07, 6.45) is -0.383. The second kappa shape index (κ2) is 8.31. The molecule has 5 rings (SSSR count). The van der Waals surface area contributed by atoms with Crippen molar-refractivity contribution in [3.63, 3.8) is 0 Å². The van der Waals surface area contributed by atoms with E-state index in [1.165, 1.54) is 26.7 Å². The van der Waals surface area contributed by atoms with E-state index in [4.69, 9.17) is 11.6 Å². The summed E-state index contributed by atoms with van der Waals surface area (Å²) in [6, 6.07) is 25.0. The molecular formula is C25H27ClN3O+. The lowest BCUT2D eigenvalue weighted by Gasteiger charge is -2.35. The van der Waals surface area contributed by atoms with E-state index in [0.717, 1.165) is 43.4 Å². The predicted molar refractivity (Wildman–Crippen MR) is 125 cm³/mol. The number of aromatic nitrogens is 1. The Balaban J connectivity index is 1.27. The molecule has 0 spiro atoms. The van der Waals surface area contributed by atoms with E-state index in [0.29, 0.717) is 6.54 Å². The number of anilines is 1. The molecule has 154 valence electrons. The van der Waals surface area contributed by atoms with Crippen molar-refractivity contribution < 1.29 is 10.0 Å². The summed E-state index contributed by atoms with van der Waals surface area (Å²) in [6.45, 7) is 5.32. The lowest BCUT2D eigenvalue weighted by Crippen LogP contribution is -3.15. The number of piperazine rings is 1. The van der Waals surface area contributed by atoms with E-state index >= 15 is 0 Å². The van der Waals surface area contributed by atoms with Crippen LogP contribution >= 0.6 is 11.6 Å². The van der Waals surface area contributed by atoms with Crippen LogP contribution in [-0.4, -0.2) is 48.5 Å². The number of para-hydroxylation sites is 3. The highest BCUT2D eigenvalue weighted by Gasteiger charge is 2.24. The van der Waals surface area contributed by atoms with Crippen LogP contribution in [0.25, 0.3) is 21.8 Å². The molecule has 2 heterocycles. The minimum absolute atomic E-state index is 0.383. The second-order valence-corrected chi connectivity index (χ2v) is 8.60. The van der Waals surface area contributed by atoms with Crippen molar-refractivity contribution >= 4 is 39.1 Å². The Labute approximate surface area is 181 Å². The fourth-order valence-electron chi connectivity index (χ4n) is 4.78. The normalized spacial score (nSPS) is 16.4. The molecular weight excluding hydrogens is 394 g/mol. The Kier molecular flexibility index (Phi) is 5.38. The van der Waals surface area contributed by atoms with Gasteiger partial charge in [-0.1, -0.05) is 60.1 Å². The SMILES string of the molecule is O[C@@H](Cn1c2ccccc2c2ccccc21)C[NH+]1CCN(c2ccccc2Cl)CC1. The number of quaternary nitrogens is 1. The van der Waals surface area contributed by atoms with Crippen molar-refractivity contribution in [3.05, 3.63) is 77.8 Å². The van der Waals surface area contributed by atoms with Crippen molar-refractivity contribution in [1.29, 1.82) is 0 Å². The third-order valence-corrected chi connectivity index (χ3v) is 6.58. The molecule has 4 nitrogen and oxygen atoms in total. The second-order valence-electron chi connectivity index (χ2n) is 8.19. The standard InChI is InChI=1S/C25H26ClN3O/c26-22-9-3-6-12-25(22)28-15-13-27(14-16-28)17-19(30)18-29-23-10-4-1-7-20(23)21-8-2-5-11-24(21)29/h1-12,19,30H,13-18H2/p+1/t19-/m1/s1. The number of fused-ring (bicyclic) bond motifs is 3. The topological polar surface area (TPSA) is 32.8 Å². The van der Waals surface area contributed by atoms with Crippen molar-refractivity contribution in [2.24, 2.45) is 0 Å². The predicted octanol–water partition coefficient (Wildman–Crippen LogP) is 3.21. The van der Waals surface area contributed by atoms with Crippen LogP contribution in [0.3, 0.4) is 0 Å². The van der Waals surface area contributed by atoms with E-state index in [1.54, 1.807) is 0 Å². The molecule has 1 atom stereocenters. The van der Waals surface area contributed by atoms with Crippen LogP contribution in [0.15, 0.2) is 72.8 Å². The highest BCUT2D eigenvalue weighted by atomic mass is 35.5. The Bertz CT molecular complexity index is 1110. The van der Waals surface area contributed by atoms with E-state index in [2.05, 4.69) is 64.1 Å². The third kappa shape index (κ3) is 3.67. The van der Waals surface area contributed by atoms with Gasteiger partial charge < -0.3 is 19.5 Å². The highest BCUT2D eigenvalue weighted by Crippen LogP contribution is 2.29. The average Bonchev–Trinajstić information content (AvgIpc) is 3.09. The molecule has 4 aromatic rings. The van der Waals surface area contributed by atoms with Gasteiger partial charge in [0.25, 0.3) is 0 Å². The molecule has 0 radical (unpaired) electrons. The minimum Gasteiger partial charge on any atom is -0.385 e. The molecule has 1 fully saturated rings. The Morgan fingerprint density at radius 1 is 0.833 bits per heavy atom. The molecule has 3 aromatic carbocycles. The summed E-state index contributed by atoms with van der Waals surface area (Å²) >= 11 is 6.36. The number of rotatable bonds is 5. The summed E-state index contributed by atoms with van der Waals surface area (Å²) in [7, 11) is 0. The van der Waals surface area contributed by atoms with Gasteiger partial charge in [-0.15, -0.1) is 0 Å². The number of aliphatic hydroxyl groups excluding tert-OH is 1. The molecule has 1 saturated heterocycles. The maximum absolute atomic E-state index is 10.9. The molecule has 0 saturated carbocycles. The van der Waals surface area contributed by atoms with Gasteiger partial charge in [0.15, 0.2) is 0 Å². The van der Waals surface area contributed by atoms with E-state index in [1.807, 2.05) is 18.2 Å². The average molecular weight is 421 g/mol. The molecule has 1 aromatic heterocycles. The van der Waals surface area contributed by atoms with Crippen molar-refractivity contribution in [3.8, 4) is 0 Å². The van der Waals surface area contributed by atoms with E-state index in [9.17, 15) is 5.11 Å². The minimum atomic E-state index is -0.383. The van der Waals surface area contributed by atoms with Gasteiger partial charge in [0, 0.05) is 21.8 Å². The van der Waals surface area contributed by atoms with Gasteiger partial charge >= 0.3 is 0 Å². The Morgan fingerprint density at radius 3 is 2.03 bits per heavy atom. The van der Waals surface area contributed by atoms with Crippen LogP contribution in [0.5, 0.6) is 0 Å². The summed E-state index contributed by atoms with van der Waals surface area (Å²) in [5.74, 6) is 0. The molecule has 1 aliphatic rings. The number of hydrogen-bond donors (Lipinski definition) is 2. The first kappa shape index (κ1) is 19.4. The van der Waals surface area contributed by atoms with Crippen LogP contribution in [0.4, 0.5) is 5.69 Å². The smallest absolute Gasteiger partial charge is 0.121 e. The summed E-state index contributed by atoms with van der Waals surface area (Å²) < 4.78 is 2.27. The fraction of sp³-hybridized carbons (Fsp3) is 0.280. The zero-order valence-corrected chi connectivity index (χ0v) is 17.7. The van der Waals surface area contributed by atoms with Gasteiger partial charge in [0.2, 0.25) is 0 Å². The number of benzene rings is 3. The summed E-state index contributed by atoms with van der Waals surface area (Å²) in [4.78, 5) is 3.80. The number of nitrogens with one attached hydrogen (secondary N) is 1. The number of hydrogen-bond acceptors (Lipinski definition) is 2. The number of nitrogens with zero attached hydrogens (tertiary/aromatic N) is 2. The summed E-state index contributed by atoms with van der Waals surface area (Å²) in [5, 5.41) is 14.3. The van der Waals surface area contributed by atoms with Gasteiger partial charge in [0.05, 0.1) is 43.4 Å². The van der Waals surface area contributed by atoms with Crippen LogP contribution in [0.2, 0.25) is 5.02 Å². The van der Waals surface area contributed by atoms with Crippen LogP contribution in [0, 0.1) is 0 Å². The zero-order valence-electron chi connectivity index (χ0n) is 17.0. The van der Waals surface area contributed by atoms with Crippen molar-refractivity contribution in [1.82, 2.24) is 4.57 Å². The maximum atomic E-state index is 10.9. The molecule has 5 heteroatoms. The van der Waals surface area contributed by atoms with E-state index in [-0.39, 0.29) is 6.10 Å². The first-order chi connectivity index (χ1) is 14.7. The lowest BCUT2D eigenvalue weighted by atomic mass is 10.2. The first-order valence-corrected chi connectivity index (χ1v) is 11.1. The third-order valence-electron chi connectivity index (χ3n) is 6.26. The molecule has 30 heavy (non-hydrogen) atoms. The van der Waals surface area contributed by atoms with Gasteiger partial charge in [-0.25, -0.2) is 0 Å². The maximum Gasteiger partial charge on any atom is 0.121 e. The number of halogens is 1. The largest absolute Gasteiger partial charge is 0.385 e. The van der Waals surface area contributed by atoms with Gasteiger partial charge in [-0.2, -0.15) is 0 Å². The van der Waals surface area contributed by atoms with Crippen LogP contribution < -0.4 is 9.80 Å². The van der Waals surface area contributed by atoms with Gasteiger partial charge in [0.1, 0.15) is 12.6 Å². The van der Waals surface area contributed by atoms with Crippen molar-refractivity contribution in [2.45, 2.75) is 12.6 Å². The van der Waals surface area contributed by atoms with Gasteiger partial charge in [-0.05, 0) is 24.3 Å². The molecule has 0 aliphatic carbocycles. The highest BCUT2D eigenvalue weighted by molar-refractivity contribution is 6.33. The quantitative estimate of drug-likeness (QED) is 0.519. The van der Waals surface area contributed by atoms with Crippen molar-refractivity contribution in [2.75, 3.05) is 37.6 Å². The molecule has 2 N–H and O–H groups in total. The monoisotopic (exact) mass is 420 g/mol. The lowest BCUT2D eigenvalue weighted by molar-refractivity contribution is -0.903. The van der Waals surface area contributed by atoms with Crippen LogP contribution in [0.1, 0.15) is 0 Å². The zero-order chi connectivity index (χ0) is 20.5. The molecule has 0 unspecified atom stereocenters.